The van der Waals surface area contributed by atoms with Crippen LogP contribution in [0.5, 0.6) is 0 Å². The Morgan fingerprint density at radius 1 is 1.50 bits per heavy atom. The molecule has 1 atom stereocenters. The second-order valence-electron chi connectivity index (χ2n) is 4.05. The van der Waals surface area contributed by atoms with E-state index in [2.05, 4.69) is 35.4 Å². The predicted molar refractivity (Wildman–Crippen MR) is 70.3 cm³/mol. The van der Waals surface area contributed by atoms with Crippen molar-refractivity contribution in [1.82, 2.24) is 10.3 Å². The molecule has 0 aromatic carbocycles. The van der Waals surface area contributed by atoms with Crippen LogP contribution in [0, 0.1) is 0 Å². The Morgan fingerprint density at radius 3 is 3.00 bits per heavy atom. The van der Waals surface area contributed by atoms with Crippen LogP contribution in [0.15, 0.2) is 30.6 Å². The van der Waals surface area contributed by atoms with E-state index >= 15 is 0 Å². The van der Waals surface area contributed by atoms with E-state index in [4.69, 9.17) is 0 Å². The van der Waals surface area contributed by atoms with Crippen molar-refractivity contribution in [3.8, 4) is 0 Å². The number of pyridine rings is 1. The zero-order valence-corrected chi connectivity index (χ0v) is 10.3. The molecule has 1 aromatic heterocycles. The molecule has 88 valence electrons. The SMILES string of the molecule is CCCCC(C/C=C/c1cccnc1)NC. The third kappa shape index (κ3) is 5.08. The lowest BCUT2D eigenvalue weighted by molar-refractivity contribution is 0.506. The standard InChI is InChI=1S/C14H22N2/c1-3-4-9-14(15-2)10-5-7-13-8-6-11-16-12-13/h5-8,11-12,14-15H,3-4,9-10H2,1-2H3/b7-5+. The van der Waals surface area contributed by atoms with Gasteiger partial charge in [0.2, 0.25) is 0 Å². The maximum atomic E-state index is 4.09. The molecule has 0 fully saturated rings. The molecule has 0 aliphatic carbocycles. The van der Waals surface area contributed by atoms with E-state index in [0.29, 0.717) is 6.04 Å². The molecule has 1 aromatic rings. The molecule has 2 nitrogen and oxygen atoms in total. The summed E-state index contributed by atoms with van der Waals surface area (Å²) in [6.45, 7) is 2.23. The fraction of sp³-hybridized carbons (Fsp3) is 0.500. The third-order valence-electron chi connectivity index (χ3n) is 2.73. The van der Waals surface area contributed by atoms with E-state index in [-0.39, 0.29) is 0 Å². The summed E-state index contributed by atoms with van der Waals surface area (Å²) in [7, 11) is 2.04. The number of nitrogens with one attached hydrogen (secondary N) is 1. The molecule has 2 heteroatoms. The lowest BCUT2D eigenvalue weighted by Gasteiger charge is -2.12. The van der Waals surface area contributed by atoms with Crippen LogP contribution in [-0.2, 0) is 0 Å². The molecule has 0 aliphatic heterocycles. The molecule has 1 heterocycles. The van der Waals surface area contributed by atoms with Crippen molar-refractivity contribution in [2.45, 2.75) is 38.6 Å². The predicted octanol–water partition coefficient (Wildman–Crippen LogP) is 3.26. The van der Waals surface area contributed by atoms with Crippen LogP contribution in [0.4, 0.5) is 0 Å². The van der Waals surface area contributed by atoms with Crippen LogP contribution in [0.1, 0.15) is 38.2 Å². The average Bonchev–Trinajstić information content (AvgIpc) is 2.35. The van der Waals surface area contributed by atoms with Crippen molar-refractivity contribution in [2.75, 3.05) is 7.05 Å². The van der Waals surface area contributed by atoms with E-state index in [1.54, 1.807) is 6.20 Å². The summed E-state index contributed by atoms with van der Waals surface area (Å²) in [6.07, 6.45) is 13.0. The quantitative estimate of drug-likeness (QED) is 0.760. The largest absolute Gasteiger partial charge is 0.317 e. The average molecular weight is 218 g/mol. The molecule has 0 amide bonds. The summed E-state index contributed by atoms with van der Waals surface area (Å²) < 4.78 is 0. The molecule has 0 saturated carbocycles. The summed E-state index contributed by atoms with van der Waals surface area (Å²) in [5.74, 6) is 0. The normalized spacial score (nSPS) is 13.1. The van der Waals surface area contributed by atoms with Gasteiger partial charge < -0.3 is 5.32 Å². The first-order chi connectivity index (χ1) is 7.86. The van der Waals surface area contributed by atoms with Crippen molar-refractivity contribution >= 4 is 6.08 Å². The zero-order valence-electron chi connectivity index (χ0n) is 10.3. The van der Waals surface area contributed by atoms with Gasteiger partial charge in [0.15, 0.2) is 0 Å². The fourth-order valence-corrected chi connectivity index (χ4v) is 1.67. The number of hydrogen-bond acceptors (Lipinski definition) is 2. The Bertz CT molecular complexity index is 293. The first-order valence-corrected chi connectivity index (χ1v) is 6.10. The Morgan fingerprint density at radius 2 is 2.38 bits per heavy atom. The molecule has 1 unspecified atom stereocenters. The monoisotopic (exact) mass is 218 g/mol. The lowest BCUT2D eigenvalue weighted by atomic mass is 10.1. The molecular formula is C14H22N2. The summed E-state index contributed by atoms with van der Waals surface area (Å²) in [4.78, 5) is 4.09. The van der Waals surface area contributed by atoms with Gasteiger partial charge in [-0.15, -0.1) is 0 Å². The highest BCUT2D eigenvalue weighted by Crippen LogP contribution is 2.07. The van der Waals surface area contributed by atoms with Crippen molar-refractivity contribution in [3.63, 3.8) is 0 Å². The minimum absolute atomic E-state index is 0.605. The minimum atomic E-state index is 0.605. The number of unbranched alkanes of at least 4 members (excludes halogenated alkanes) is 1. The molecule has 0 bridgehead atoms. The maximum Gasteiger partial charge on any atom is 0.0340 e. The molecule has 1 rings (SSSR count). The van der Waals surface area contributed by atoms with E-state index < -0.39 is 0 Å². The highest BCUT2D eigenvalue weighted by Gasteiger charge is 2.01. The van der Waals surface area contributed by atoms with Crippen molar-refractivity contribution in [1.29, 1.82) is 0 Å². The van der Waals surface area contributed by atoms with Gasteiger partial charge in [-0.1, -0.05) is 38.0 Å². The van der Waals surface area contributed by atoms with Crippen LogP contribution in [0.3, 0.4) is 0 Å². The molecule has 0 radical (unpaired) electrons. The summed E-state index contributed by atoms with van der Waals surface area (Å²) in [6, 6.07) is 4.64. The second-order valence-corrected chi connectivity index (χ2v) is 4.05. The van der Waals surface area contributed by atoms with Crippen LogP contribution >= 0.6 is 0 Å². The number of rotatable bonds is 7. The second kappa shape index (κ2) is 8.05. The van der Waals surface area contributed by atoms with Gasteiger partial charge in [-0.05, 0) is 31.5 Å². The van der Waals surface area contributed by atoms with Gasteiger partial charge in [0.05, 0.1) is 0 Å². The molecule has 1 N–H and O–H groups in total. The molecule has 0 spiro atoms. The lowest BCUT2D eigenvalue weighted by Crippen LogP contribution is -2.24. The molecular weight excluding hydrogens is 196 g/mol. The molecule has 16 heavy (non-hydrogen) atoms. The number of hydrogen-bond donors (Lipinski definition) is 1. The molecule has 0 saturated heterocycles. The Labute approximate surface area is 98.8 Å². The summed E-state index contributed by atoms with van der Waals surface area (Å²) in [5, 5.41) is 3.36. The smallest absolute Gasteiger partial charge is 0.0340 e. The van der Waals surface area contributed by atoms with Gasteiger partial charge in [0.25, 0.3) is 0 Å². The van der Waals surface area contributed by atoms with Gasteiger partial charge in [-0.3, -0.25) is 4.98 Å². The first kappa shape index (κ1) is 12.9. The van der Waals surface area contributed by atoms with Crippen LogP contribution < -0.4 is 5.32 Å². The first-order valence-electron chi connectivity index (χ1n) is 6.10. The van der Waals surface area contributed by atoms with Gasteiger partial charge in [-0.2, -0.15) is 0 Å². The zero-order chi connectivity index (χ0) is 11.6. The maximum absolute atomic E-state index is 4.09. The fourth-order valence-electron chi connectivity index (χ4n) is 1.67. The summed E-state index contributed by atoms with van der Waals surface area (Å²) >= 11 is 0. The summed E-state index contributed by atoms with van der Waals surface area (Å²) in [5.41, 5.74) is 1.17. The van der Waals surface area contributed by atoms with E-state index in [1.165, 1.54) is 24.8 Å². The van der Waals surface area contributed by atoms with Crippen LogP contribution in [-0.4, -0.2) is 18.1 Å². The highest BCUT2D eigenvalue weighted by atomic mass is 14.9. The topological polar surface area (TPSA) is 24.9 Å². The van der Waals surface area contributed by atoms with E-state index in [9.17, 15) is 0 Å². The van der Waals surface area contributed by atoms with Crippen molar-refractivity contribution < 1.29 is 0 Å². The van der Waals surface area contributed by atoms with Crippen LogP contribution in [0.2, 0.25) is 0 Å². The van der Waals surface area contributed by atoms with Gasteiger partial charge in [-0.25, -0.2) is 0 Å². The Kier molecular flexibility index (Phi) is 6.50. The number of nitrogens with zero attached hydrogens (tertiary/aromatic N) is 1. The minimum Gasteiger partial charge on any atom is -0.317 e. The Hall–Kier alpha value is -1.15. The van der Waals surface area contributed by atoms with Crippen LogP contribution in [0.25, 0.3) is 6.08 Å². The van der Waals surface area contributed by atoms with Gasteiger partial charge in [0.1, 0.15) is 0 Å². The van der Waals surface area contributed by atoms with E-state index in [1.807, 2.05) is 19.3 Å². The van der Waals surface area contributed by atoms with E-state index in [0.717, 1.165) is 6.42 Å². The van der Waals surface area contributed by atoms with Crippen molar-refractivity contribution in [2.24, 2.45) is 0 Å². The van der Waals surface area contributed by atoms with Gasteiger partial charge in [0, 0.05) is 18.4 Å². The molecule has 0 aliphatic rings. The van der Waals surface area contributed by atoms with Gasteiger partial charge >= 0.3 is 0 Å². The Balaban J connectivity index is 2.34. The highest BCUT2D eigenvalue weighted by molar-refractivity contribution is 5.47. The van der Waals surface area contributed by atoms with Crippen molar-refractivity contribution in [3.05, 3.63) is 36.2 Å². The number of aromatic nitrogens is 1. The third-order valence-corrected chi connectivity index (χ3v) is 2.73.